The lowest BCUT2D eigenvalue weighted by atomic mass is 9.97. The van der Waals surface area contributed by atoms with Gasteiger partial charge in [-0.2, -0.15) is 5.09 Å². The van der Waals surface area contributed by atoms with E-state index in [1.54, 1.807) is 43.3 Å². The van der Waals surface area contributed by atoms with Gasteiger partial charge in [0.1, 0.15) is 48.5 Å². The largest absolute Gasteiger partial charge is 0.497 e. The minimum absolute atomic E-state index is 0.0353. The van der Waals surface area contributed by atoms with Crippen molar-refractivity contribution in [1.82, 2.24) is 10.4 Å². The molecule has 5 N–H and O–H groups in total. The Morgan fingerprint density at radius 3 is 2.29 bits per heavy atom. The molecule has 0 aromatic heterocycles. The van der Waals surface area contributed by atoms with E-state index < -0.39 is 68.8 Å². The summed E-state index contributed by atoms with van der Waals surface area (Å²) in [7, 11) is -3.17. The zero-order valence-corrected chi connectivity index (χ0v) is 24.8. The summed E-state index contributed by atoms with van der Waals surface area (Å²) in [6.45, 7) is 3.99. The maximum absolute atomic E-state index is 14.5. The van der Waals surface area contributed by atoms with E-state index in [1.807, 2.05) is 13.0 Å². The van der Waals surface area contributed by atoms with Gasteiger partial charge in [-0.3, -0.25) is 14.1 Å². The minimum Gasteiger partial charge on any atom is -0.497 e. The number of hydrogen-bond acceptors (Lipinski definition) is 11. The standard InChI is InChI=1S/C28H39N2O11P/c1-5-17(2)23(27(34)38-16-19-9-7-6-8-10-19)30-42(36,40-21-13-11-20(37-4)12-14-21)41-26-24(29-18(3)32)28(35)39-22(15-31)25(26)33/h6-14,17,22-26,28,31,33,35H,5,15-16H2,1-4H3,(H,29,32)(H,30,36)/t17?,22-,23?,24-,25-,26-,28+,42?/m1/s1. The number of amides is 1. The third-order valence-electron chi connectivity index (χ3n) is 6.78. The molecule has 1 aliphatic heterocycles. The molecule has 0 saturated carbocycles. The van der Waals surface area contributed by atoms with Crippen molar-refractivity contribution in [2.45, 2.75) is 70.5 Å². The van der Waals surface area contributed by atoms with Crippen LogP contribution in [0, 0.1) is 5.92 Å². The van der Waals surface area contributed by atoms with Crippen LogP contribution in [0.4, 0.5) is 0 Å². The zero-order valence-electron chi connectivity index (χ0n) is 23.9. The molecule has 0 spiro atoms. The SMILES string of the molecule is CCC(C)C(NP(=O)(Oc1ccc(OC)cc1)O[C@H]1[C@H](O)[C@@H](CO)O[C@H](O)[C@@H]1NC(C)=O)C(=O)OCc1ccccc1. The molecule has 13 nitrogen and oxygen atoms in total. The van der Waals surface area contributed by atoms with Crippen molar-refractivity contribution in [2.75, 3.05) is 13.7 Å². The third kappa shape index (κ3) is 8.98. The van der Waals surface area contributed by atoms with Gasteiger partial charge < -0.3 is 39.4 Å². The van der Waals surface area contributed by atoms with E-state index in [4.69, 9.17) is 23.3 Å². The summed E-state index contributed by atoms with van der Waals surface area (Å²) >= 11 is 0. The van der Waals surface area contributed by atoms with Crippen LogP contribution in [0.1, 0.15) is 32.8 Å². The Bertz CT molecular complexity index is 1200. The molecule has 3 unspecified atom stereocenters. The van der Waals surface area contributed by atoms with Crippen LogP contribution in [0.25, 0.3) is 0 Å². The number of carbonyl (C=O) groups excluding carboxylic acids is 2. The van der Waals surface area contributed by atoms with Crippen LogP contribution in [0.2, 0.25) is 0 Å². The highest BCUT2D eigenvalue weighted by atomic mass is 31.2. The summed E-state index contributed by atoms with van der Waals surface area (Å²) in [6, 6.07) is 12.4. The lowest BCUT2D eigenvalue weighted by Crippen LogP contribution is -2.64. The molecule has 1 aliphatic rings. The van der Waals surface area contributed by atoms with E-state index in [-0.39, 0.29) is 12.4 Å². The number of nitrogens with one attached hydrogen (secondary N) is 2. The van der Waals surface area contributed by atoms with Gasteiger partial charge >= 0.3 is 13.7 Å². The summed E-state index contributed by atoms with van der Waals surface area (Å²) in [5.74, 6) is -1.20. The summed E-state index contributed by atoms with van der Waals surface area (Å²) in [4.78, 5) is 25.2. The Labute approximate surface area is 244 Å². The third-order valence-corrected chi connectivity index (χ3v) is 8.34. The molecule has 14 heteroatoms. The van der Waals surface area contributed by atoms with Crippen LogP contribution < -0.4 is 19.7 Å². The Morgan fingerprint density at radius 1 is 1.07 bits per heavy atom. The molecule has 1 saturated heterocycles. The molecule has 1 heterocycles. The summed E-state index contributed by atoms with van der Waals surface area (Å²) in [5, 5.41) is 36.3. The molecule has 1 fully saturated rings. The molecular formula is C28H39N2O11P. The van der Waals surface area contributed by atoms with Crippen molar-refractivity contribution >= 4 is 19.6 Å². The summed E-state index contributed by atoms with van der Waals surface area (Å²) in [6.07, 6.45) is -5.89. The molecule has 2 aromatic carbocycles. The van der Waals surface area contributed by atoms with Crippen LogP contribution in [-0.2, 0) is 34.8 Å². The van der Waals surface area contributed by atoms with Crippen molar-refractivity contribution < 1.29 is 52.7 Å². The van der Waals surface area contributed by atoms with E-state index in [0.29, 0.717) is 12.2 Å². The predicted octanol–water partition coefficient (Wildman–Crippen LogP) is 1.89. The number of benzene rings is 2. The summed E-state index contributed by atoms with van der Waals surface area (Å²) in [5.41, 5.74) is 0.746. The fourth-order valence-electron chi connectivity index (χ4n) is 4.25. The Balaban J connectivity index is 1.97. The molecule has 3 rings (SSSR count). The van der Waals surface area contributed by atoms with Gasteiger partial charge in [-0.25, -0.2) is 4.57 Å². The van der Waals surface area contributed by atoms with Crippen LogP contribution in [0.5, 0.6) is 11.5 Å². The first-order valence-corrected chi connectivity index (χ1v) is 15.0. The first kappa shape index (κ1) is 33.5. The second kappa shape index (κ2) is 15.4. The number of esters is 1. The van der Waals surface area contributed by atoms with Crippen LogP contribution in [0.15, 0.2) is 54.6 Å². The Kier molecular flexibility index (Phi) is 12.3. The van der Waals surface area contributed by atoms with Crippen molar-refractivity contribution in [1.29, 1.82) is 0 Å². The van der Waals surface area contributed by atoms with E-state index in [0.717, 1.165) is 5.56 Å². The monoisotopic (exact) mass is 610 g/mol. The normalized spacial score (nSPS) is 25.0. The van der Waals surface area contributed by atoms with E-state index >= 15 is 0 Å². The lowest BCUT2D eigenvalue weighted by molar-refractivity contribution is -0.250. The molecule has 0 aliphatic carbocycles. The van der Waals surface area contributed by atoms with E-state index in [1.165, 1.54) is 26.2 Å². The molecule has 0 radical (unpaired) electrons. The zero-order chi connectivity index (χ0) is 30.9. The van der Waals surface area contributed by atoms with Crippen molar-refractivity contribution in [3.05, 3.63) is 60.2 Å². The quantitative estimate of drug-likeness (QED) is 0.155. The maximum atomic E-state index is 14.5. The fraction of sp³-hybridized carbons (Fsp3) is 0.500. The second-order valence-corrected chi connectivity index (χ2v) is 11.5. The number of ether oxygens (including phenoxy) is 3. The second-order valence-electron chi connectivity index (χ2n) is 9.88. The van der Waals surface area contributed by atoms with Crippen molar-refractivity contribution in [2.24, 2.45) is 5.92 Å². The first-order valence-electron chi connectivity index (χ1n) is 13.5. The highest BCUT2D eigenvalue weighted by molar-refractivity contribution is 7.52. The smallest absolute Gasteiger partial charge is 0.459 e. The molecule has 1 amide bonds. The Hall–Kier alpha value is -3.03. The number of aliphatic hydroxyl groups excluding tert-OH is 3. The number of aliphatic hydroxyl groups is 3. The van der Waals surface area contributed by atoms with Crippen LogP contribution >= 0.6 is 7.75 Å². The fourth-order valence-corrected chi connectivity index (χ4v) is 6.08. The van der Waals surface area contributed by atoms with Gasteiger partial charge in [0.2, 0.25) is 5.91 Å². The molecule has 8 atom stereocenters. The van der Waals surface area contributed by atoms with Crippen LogP contribution in [0.3, 0.4) is 0 Å². The molecule has 2 aromatic rings. The number of hydrogen-bond donors (Lipinski definition) is 5. The van der Waals surface area contributed by atoms with Crippen molar-refractivity contribution in [3.63, 3.8) is 0 Å². The van der Waals surface area contributed by atoms with E-state index in [9.17, 15) is 29.5 Å². The van der Waals surface area contributed by atoms with Gasteiger partial charge in [0.05, 0.1) is 13.7 Å². The molecule has 42 heavy (non-hydrogen) atoms. The number of rotatable bonds is 14. The molecule has 232 valence electrons. The Morgan fingerprint density at radius 2 is 1.71 bits per heavy atom. The molecular weight excluding hydrogens is 571 g/mol. The van der Waals surface area contributed by atoms with Gasteiger partial charge in [0, 0.05) is 6.92 Å². The highest BCUT2D eigenvalue weighted by Crippen LogP contribution is 2.49. The topological polar surface area (TPSA) is 182 Å². The summed E-state index contributed by atoms with van der Waals surface area (Å²) < 4.78 is 42.1. The van der Waals surface area contributed by atoms with Gasteiger partial charge in [-0.15, -0.1) is 0 Å². The van der Waals surface area contributed by atoms with Crippen LogP contribution in [-0.4, -0.2) is 77.6 Å². The average Bonchev–Trinajstić information content (AvgIpc) is 2.98. The van der Waals surface area contributed by atoms with Crippen molar-refractivity contribution in [3.8, 4) is 11.5 Å². The number of methoxy groups -OCH3 is 1. The van der Waals surface area contributed by atoms with Gasteiger partial charge in [-0.05, 0) is 35.7 Å². The average molecular weight is 611 g/mol. The van der Waals surface area contributed by atoms with Gasteiger partial charge in [0.15, 0.2) is 6.29 Å². The van der Waals surface area contributed by atoms with Gasteiger partial charge in [0.25, 0.3) is 0 Å². The lowest BCUT2D eigenvalue weighted by Gasteiger charge is -2.43. The van der Waals surface area contributed by atoms with E-state index in [2.05, 4.69) is 10.4 Å². The maximum Gasteiger partial charge on any atom is 0.459 e. The molecule has 0 bridgehead atoms. The number of carbonyl (C=O) groups is 2. The first-order chi connectivity index (χ1) is 20.0. The van der Waals surface area contributed by atoms with Gasteiger partial charge in [-0.1, -0.05) is 50.6 Å². The highest BCUT2D eigenvalue weighted by Gasteiger charge is 2.50. The minimum atomic E-state index is -4.64. The predicted molar refractivity (Wildman–Crippen MR) is 150 cm³/mol.